The van der Waals surface area contributed by atoms with E-state index < -0.39 is 11.9 Å². The van der Waals surface area contributed by atoms with Gasteiger partial charge >= 0.3 is 11.9 Å². The summed E-state index contributed by atoms with van der Waals surface area (Å²) in [7, 11) is 0. The van der Waals surface area contributed by atoms with Crippen molar-refractivity contribution >= 4 is 11.9 Å². The molecule has 0 bridgehead atoms. The van der Waals surface area contributed by atoms with Crippen LogP contribution in [0.1, 0.15) is 13.8 Å². The maximum atomic E-state index is 9.81. The van der Waals surface area contributed by atoms with E-state index in [1.54, 1.807) is 0 Å². The SMILES string of the molecule is CC(=O)OC(C)=O.N.N. The van der Waals surface area contributed by atoms with E-state index in [1.165, 1.54) is 13.8 Å². The predicted molar refractivity (Wildman–Crippen MR) is 32.5 cm³/mol. The summed E-state index contributed by atoms with van der Waals surface area (Å²) in [6.07, 6.45) is 0. The molecule has 0 heterocycles. The van der Waals surface area contributed by atoms with Crippen molar-refractivity contribution in [3.05, 3.63) is 0 Å². The van der Waals surface area contributed by atoms with Gasteiger partial charge in [-0.2, -0.15) is 0 Å². The van der Waals surface area contributed by atoms with Crippen molar-refractivity contribution in [3.8, 4) is 0 Å². The summed E-state index contributed by atoms with van der Waals surface area (Å²) in [5.41, 5.74) is 0. The Bertz CT molecular complexity index is 90.0. The van der Waals surface area contributed by atoms with Crippen LogP contribution < -0.4 is 12.3 Å². The van der Waals surface area contributed by atoms with Crippen LogP contribution in [-0.2, 0) is 14.3 Å². The maximum absolute atomic E-state index is 9.81. The highest BCUT2D eigenvalue weighted by Crippen LogP contribution is 1.73. The van der Waals surface area contributed by atoms with Gasteiger partial charge in [0.15, 0.2) is 0 Å². The summed E-state index contributed by atoms with van der Waals surface area (Å²) >= 11 is 0. The van der Waals surface area contributed by atoms with Gasteiger partial charge in [-0.25, -0.2) is 0 Å². The van der Waals surface area contributed by atoms with E-state index in [9.17, 15) is 9.59 Å². The third-order valence-corrected chi connectivity index (χ3v) is 0.287. The maximum Gasteiger partial charge on any atom is 0.310 e. The molecule has 0 aliphatic carbocycles. The summed E-state index contributed by atoms with van der Waals surface area (Å²) in [5, 5.41) is 0. The normalized spacial score (nSPS) is 6.00. The highest BCUT2D eigenvalue weighted by Gasteiger charge is 1.93. The van der Waals surface area contributed by atoms with Gasteiger partial charge in [0.1, 0.15) is 0 Å². The number of rotatable bonds is 0. The first kappa shape index (κ1) is 15.7. The summed E-state index contributed by atoms with van der Waals surface area (Å²) < 4.78 is 3.97. The zero-order valence-electron chi connectivity index (χ0n) is 5.64. The van der Waals surface area contributed by atoms with Crippen LogP contribution in [0.25, 0.3) is 0 Å². The minimum absolute atomic E-state index is 0. The standard InChI is InChI=1S/C4H6O3.2H3N/c1-3(5)7-4(2)6;;/h1-2H3;2*1H3. The van der Waals surface area contributed by atoms with Crippen LogP contribution in [0.4, 0.5) is 0 Å². The van der Waals surface area contributed by atoms with Crippen LogP contribution in [0, 0.1) is 0 Å². The van der Waals surface area contributed by atoms with E-state index >= 15 is 0 Å². The average Bonchev–Trinajstić information content (AvgIpc) is 1.27. The van der Waals surface area contributed by atoms with Crippen molar-refractivity contribution in [2.45, 2.75) is 13.8 Å². The van der Waals surface area contributed by atoms with E-state index in [2.05, 4.69) is 4.74 Å². The predicted octanol–water partition coefficient (Wildman–Crippen LogP) is 0.420. The lowest BCUT2D eigenvalue weighted by atomic mass is 10.7. The van der Waals surface area contributed by atoms with Gasteiger partial charge in [0.25, 0.3) is 0 Å². The van der Waals surface area contributed by atoms with Crippen molar-refractivity contribution in [2.75, 3.05) is 0 Å². The van der Waals surface area contributed by atoms with Crippen LogP contribution in [0.15, 0.2) is 0 Å². The quantitative estimate of drug-likeness (QED) is 0.370. The van der Waals surface area contributed by atoms with Gasteiger partial charge in [0.2, 0.25) is 0 Å². The van der Waals surface area contributed by atoms with E-state index in [1.807, 2.05) is 0 Å². The van der Waals surface area contributed by atoms with E-state index in [-0.39, 0.29) is 12.3 Å². The molecule has 0 aromatic heterocycles. The molecule has 0 saturated carbocycles. The molecule has 56 valence electrons. The largest absolute Gasteiger partial charge is 0.394 e. The molecule has 0 spiro atoms. The molecule has 0 aromatic carbocycles. The lowest BCUT2D eigenvalue weighted by Crippen LogP contribution is -2.03. The fourth-order valence-corrected chi connectivity index (χ4v) is 0.202. The first-order valence-electron chi connectivity index (χ1n) is 1.82. The van der Waals surface area contributed by atoms with E-state index in [0.717, 1.165) is 0 Å². The zero-order chi connectivity index (χ0) is 5.86. The molecule has 0 unspecified atom stereocenters. The Morgan fingerprint density at radius 2 is 1.22 bits per heavy atom. The zero-order valence-corrected chi connectivity index (χ0v) is 5.64. The second-order valence-corrected chi connectivity index (χ2v) is 1.09. The molecule has 0 fully saturated rings. The van der Waals surface area contributed by atoms with Gasteiger partial charge in [-0.3, -0.25) is 9.59 Å². The van der Waals surface area contributed by atoms with Crippen LogP contribution in [0.3, 0.4) is 0 Å². The molecule has 6 N–H and O–H groups in total. The average molecular weight is 136 g/mol. The molecule has 0 aliphatic heterocycles. The Hall–Kier alpha value is -0.940. The van der Waals surface area contributed by atoms with Gasteiger partial charge in [-0.05, 0) is 0 Å². The second-order valence-electron chi connectivity index (χ2n) is 1.09. The van der Waals surface area contributed by atoms with Crippen LogP contribution in [-0.4, -0.2) is 11.9 Å². The van der Waals surface area contributed by atoms with Gasteiger partial charge in [0.05, 0.1) is 0 Å². The highest BCUT2D eigenvalue weighted by atomic mass is 16.6. The van der Waals surface area contributed by atoms with Crippen molar-refractivity contribution in [3.63, 3.8) is 0 Å². The van der Waals surface area contributed by atoms with Gasteiger partial charge < -0.3 is 17.0 Å². The number of ether oxygens (including phenoxy) is 1. The second kappa shape index (κ2) is 7.06. The number of hydrogen-bond donors (Lipinski definition) is 2. The van der Waals surface area contributed by atoms with Crippen molar-refractivity contribution in [2.24, 2.45) is 0 Å². The molecule has 0 saturated heterocycles. The lowest BCUT2D eigenvalue weighted by Gasteiger charge is -1.87. The molecular weight excluding hydrogens is 124 g/mol. The van der Waals surface area contributed by atoms with Crippen molar-refractivity contribution in [1.29, 1.82) is 0 Å². The topological polar surface area (TPSA) is 113 Å². The number of hydrogen-bond acceptors (Lipinski definition) is 5. The Kier molecular flexibility index (Phi) is 12.3. The molecule has 0 amide bonds. The number of esters is 2. The Labute approximate surface area is 53.5 Å². The first-order chi connectivity index (χ1) is 3.13. The van der Waals surface area contributed by atoms with Crippen LogP contribution >= 0.6 is 0 Å². The molecular formula is C4H12N2O3. The third-order valence-electron chi connectivity index (χ3n) is 0.287. The van der Waals surface area contributed by atoms with Crippen molar-refractivity contribution in [1.82, 2.24) is 12.3 Å². The summed E-state index contributed by atoms with van der Waals surface area (Å²) in [6.45, 7) is 2.36. The molecule has 5 heteroatoms. The minimum atomic E-state index is -0.562. The highest BCUT2D eigenvalue weighted by molar-refractivity contribution is 5.82. The smallest absolute Gasteiger partial charge is 0.310 e. The Morgan fingerprint density at radius 1 is 1.00 bits per heavy atom. The lowest BCUT2D eigenvalue weighted by molar-refractivity contribution is -0.156. The number of carbonyl (C=O) groups is 2. The number of carbonyl (C=O) groups excluding carboxylic acids is 2. The van der Waals surface area contributed by atoms with Gasteiger partial charge in [-0.1, -0.05) is 0 Å². The monoisotopic (exact) mass is 136 g/mol. The minimum Gasteiger partial charge on any atom is -0.394 e. The summed E-state index contributed by atoms with van der Waals surface area (Å²) in [6, 6.07) is 0. The molecule has 9 heavy (non-hydrogen) atoms. The van der Waals surface area contributed by atoms with Gasteiger partial charge in [0, 0.05) is 13.8 Å². The molecule has 5 nitrogen and oxygen atoms in total. The third kappa shape index (κ3) is 19.3. The fraction of sp³-hybridized carbons (Fsp3) is 0.500. The van der Waals surface area contributed by atoms with E-state index in [0.29, 0.717) is 0 Å². The molecule has 0 radical (unpaired) electrons. The van der Waals surface area contributed by atoms with Crippen molar-refractivity contribution < 1.29 is 14.3 Å². The molecule has 0 rings (SSSR count). The fourth-order valence-electron chi connectivity index (χ4n) is 0.202. The summed E-state index contributed by atoms with van der Waals surface area (Å²) in [4.78, 5) is 19.6. The van der Waals surface area contributed by atoms with E-state index in [4.69, 9.17) is 0 Å². The van der Waals surface area contributed by atoms with Gasteiger partial charge in [-0.15, -0.1) is 0 Å². The molecule has 0 aliphatic rings. The summed E-state index contributed by atoms with van der Waals surface area (Å²) in [5.74, 6) is -1.12. The Balaban J connectivity index is -0.000000180. The Morgan fingerprint density at radius 3 is 1.22 bits per heavy atom. The van der Waals surface area contributed by atoms with Crippen LogP contribution in [0.5, 0.6) is 0 Å². The first-order valence-corrected chi connectivity index (χ1v) is 1.82. The molecule has 0 atom stereocenters. The van der Waals surface area contributed by atoms with Crippen LogP contribution in [0.2, 0.25) is 0 Å². The molecule has 0 aromatic rings.